The lowest BCUT2D eigenvalue weighted by molar-refractivity contribution is 0.102. The summed E-state index contributed by atoms with van der Waals surface area (Å²) >= 11 is 1.55. The minimum atomic E-state index is -0.263. The fraction of sp³-hybridized carbons (Fsp3) is 0.105. The zero-order valence-corrected chi connectivity index (χ0v) is 14.9. The van der Waals surface area contributed by atoms with Gasteiger partial charge in [0.25, 0.3) is 5.91 Å². The van der Waals surface area contributed by atoms with E-state index < -0.39 is 0 Å². The highest BCUT2D eigenvalue weighted by atomic mass is 32.1. The quantitative estimate of drug-likeness (QED) is 0.576. The number of hydrogen-bond donors (Lipinski definition) is 1. The van der Waals surface area contributed by atoms with Crippen molar-refractivity contribution in [1.29, 1.82) is 0 Å². The molecule has 0 atom stereocenters. The van der Waals surface area contributed by atoms with Crippen LogP contribution in [0.2, 0.25) is 0 Å². The first-order chi connectivity index (χ1) is 12.7. The summed E-state index contributed by atoms with van der Waals surface area (Å²) in [5.74, 6) is 0.764. The Hall–Kier alpha value is -3.19. The maximum Gasteiger partial charge on any atom is 0.260 e. The van der Waals surface area contributed by atoms with E-state index in [2.05, 4.69) is 15.6 Å². The highest BCUT2D eigenvalue weighted by Gasteiger charge is 2.20. The van der Waals surface area contributed by atoms with E-state index in [0.29, 0.717) is 29.4 Å². The second-order valence-electron chi connectivity index (χ2n) is 5.83. The normalized spacial score (nSPS) is 10.8. The SMILES string of the molecule is Cc1cc(NC(=O)c2cn(Cc3ccccc3)nc2-c2cccs2)no1. The standard InChI is InChI=1S/C19H16N4O2S/c1-13-10-17(22-25-13)20-19(24)15-12-23(11-14-6-3-2-4-7-14)21-18(15)16-8-5-9-26-16/h2-10,12H,11H2,1H3,(H,20,22,24). The maximum atomic E-state index is 12.8. The molecule has 6 nitrogen and oxygen atoms in total. The number of carbonyl (C=O) groups is 1. The summed E-state index contributed by atoms with van der Waals surface area (Å²) in [6.07, 6.45) is 1.77. The molecule has 7 heteroatoms. The molecule has 0 fully saturated rings. The number of thiophene rings is 1. The van der Waals surface area contributed by atoms with Crippen molar-refractivity contribution in [2.75, 3.05) is 5.32 Å². The van der Waals surface area contributed by atoms with Crippen LogP contribution in [0.4, 0.5) is 5.82 Å². The number of carbonyl (C=O) groups excluding carboxylic acids is 1. The van der Waals surface area contributed by atoms with Crippen LogP contribution in [-0.2, 0) is 6.54 Å². The summed E-state index contributed by atoms with van der Waals surface area (Å²) in [5.41, 5.74) is 2.28. The number of benzene rings is 1. The molecule has 1 N–H and O–H groups in total. The van der Waals surface area contributed by atoms with Crippen LogP contribution < -0.4 is 5.32 Å². The monoisotopic (exact) mass is 364 g/mol. The molecule has 4 aromatic rings. The third-order valence-electron chi connectivity index (χ3n) is 3.82. The summed E-state index contributed by atoms with van der Waals surface area (Å²) in [6, 6.07) is 15.6. The Kier molecular flexibility index (Phi) is 4.37. The zero-order chi connectivity index (χ0) is 17.9. The molecule has 0 bridgehead atoms. The lowest BCUT2D eigenvalue weighted by atomic mass is 10.2. The lowest BCUT2D eigenvalue weighted by Crippen LogP contribution is -2.12. The van der Waals surface area contributed by atoms with Gasteiger partial charge in [0.2, 0.25) is 0 Å². The van der Waals surface area contributed by atoms with Crippen molar-refractivity contribution in [1.82, 2.24) is 14.9 Å². The van der Waals surface area contributed by atoms with Crippen LogP contribution in [0.1, 0.15) is 21.7 Å². The molecule has 3 aromatic heterocycles. The minimum absolute atomic E-state index is 0.263. The number of rotatable bonds is 5. The molecule has 1 aromatic carbocycles. The van der Waals surface area contributed by atoms with Crippen LogP contribution in [0.25, 0.3) is 10.6 Å². The van der Waals surface area contributed by atoms with Gasteiger partial charge >= 0.3 is 0 Å². The number of hydrogen-bond acceptors (Lipinski definition) is 5. The molecule has 130 valence electrons. The third-order valence-corrected chi connectivity index (χ3v) is 4.69. The van der Waals surface area contributed by atoms with Crippen LogP contribution >= 0.6 is 11.3 Å². The van der Waals surface area contributed by atoms with Gasteiger partial charge in [0.15, 0.2) is 5.82 Å². The zero-order valence-electron chi connectivity index (χ0n) is 14.0. The van der Waals surface area contributed by atoms with Gasteiger partial charge in [-0.3, -0.25) is 9.48 Å². The van der Waals surface area contributed by atoms with Crippen molar-refractivity contribution in [3.05, 3.63) is 77.0 Å². The van der Waals surface area contributed by atoms with Crippen molar-refractivity contribution in [2.24, 2.45) is 0 Å². The second-order valence-corrected chi connectivity index (χ2v) is 6.78. The Morgan fingerprint density at radius 1 is 1.23 bits per heavy atom. The predicted octanol–water partition coefficient (Wildman–Crippen LogP) is 4.21. The largest absolute Gasteiger partial charge is 0.360 e. The van der Waals surface area contributed by atoms with Gasteiger partial charge in [-0.05, 0) is 23.9 Å². The molecule has 0 radical (unpaired) electrons. The average molecular weight is 364 g/mol. The second kappa shape index (κ2) is 6.97. The van der Waals surface area contributed by atoms with Crippen LogP contribution in [0.15, 0.2) is 64.6 Å². The molecule has 0 aliphatic carbocycles. The van der Waals surface area contributed by atoms with E-state index in [0.717, 1.165) is 10.4 Å². The van der Waals surface area contributed by atoms with E-state index in [-0.39, 0.29) is 5.91 Å². The molecule has 1 amide bonds. The molecule has 0 saturated heterocycles. The third kappa shape index (κ3) is 3.43. The van der Waals surface area contributed by atoms with Crippen LogP contribution in [0.3, 0.4) is 0 Å². The maximum absolute atomic E-state index is 12.8. The molecule has 3 heterocycles. The van der Waals surface area contributed by atoms with Gasteiger partial charge in [0.05, 0.1) is 17.0 Å². The van der Waals surface area contributed by atoms with Crippen LogP contribution in [0.5, 0.6) is 0 Å². The number of nitrogens with zero attached hydrogens (tertiary/aromatic N) is 3. The first-order valence-electron chi connectivity index (χ1n) is 8.09. The molecule has 0 unspecified atom stereocenters. The summed E-state index contributed by atoms with van der Waals surface area (Å²) in [6.45, 7) is 2.37. The fourth-order valence-electron chi connectivity index (χ4n) is 2.64. The lowest BCUT2D eigenvalue weighted by Gasteiger charge is -2.00. The Balaban J connectivity index is 1.66. The highest BCUT2D eigenvalue weighted by molar-refractivity contribution is 7.13. The Morgan fingerprint density at radius 3 is 2.77 bits per heavy atom. The molecular formula is C19H16N4O2S. The number of anilines is 1. The summed E-state index contributed by atoms with van der Waals surface area (Å²) in [4.78, 5) is 13.7. The Bertz CT molecular complexity index is 1020. The Morgan fingerprint density at radius 2 is 2.08 bits per heavy atom. The van der Waals surface area contributed by atoms with Gasteiger partial charge in [-0.25, -0.2) is 0 Å². The molecule has 26 heavy (non-hydrogen) atoms. The molecule has 0 saturated carbocycles. The van der Waals surface area contributed by atoms with E-state index in [4.69, 9.17) is 4.52 Å². The van der Waals surface area contributed by atoms with Crippen LogP contribution in [0, 0.1) is 6.92 Å². The van der Waals surface area contributed by atoms with Crippen molar-refractivity contribution >= 4 is 23.1 Å². The number of aromatic nitrogens is 3. The van der Waals surface area contributed by atoms with Gasteiger partial charge in [0.1, 0.15) is 11.5 Å². The van der Waals surface area contributed by atoms with Gasteiger partial charge in [-0.15, -0.1) is 11.3 Å². The minimum Gasteiger partial charge on any atom is -0.360 e. The smallest absolute Gasteiger partial charge is 0.260 e. The van der Waals surface area contributed by atoms with E-state index in [1.165, 1.54) is 0 Å². The first kappa shape index (κ1) is 16.3. The summed E-state index contributed by atoms with van der Waals surface area (Å²) < 4.78 is 6.79. The molecule has 0 aliphatic rings. The van der Waals surface area contributed by atoms with E-state index in [1.807, 2.05) is 47.8 Å². The highest BCUT2D eigenvalue weighted by Crippen LogP contribution is 2.27. The van der Waals surface area contributed by atoms with Crippen molar-refractivity contribution in [3.8, 4) is 10.6 Å². The predicted molar refractivity (Wildman–Crippen MR) is 100 cm³/mol. The Labute approximate surface area is 154 Å². The van der Waals surface area contributed by atoms with Gasteiger partial charge in [-0.2, -0.15) is 5.10 Å². The summed E-state index contributed by atoms with van der Waals surface area (Å²) in [7, 11) is 0. The number of nitrogens with one attached hydrogen (secondary N) is 1. The molecule has 0 aliphatic heterocycles. The van der Waals surface area contributed by atoms with Crippen molar-refractivity contribution in [3.63, 3.8) is 0 Å². The van der Waals surface area contributed by atoms with Gasteiger partial charge < -0.3 is 9.84 Å². The fourth-order valence-corrected chi connectivity index (χ4v) is 3.37. The summed E-state index contributed by atoms with van der Waals surface area (Å²) in [5, 5.41) is 13.2. The van der Waals surface area contributed by atoms with Crippen LogP contribution in [-0.4, -0.2) is 20.8 Å². The van der Waals surface area contributed by atoms with Gasteiger partial charge in [0, 0.05) is 12.3 Å². The molecular weight excluding hydrogens is 348 g/mol. The van der Waals surface area contributed by atoms with Gasteiger partial charge in [-0.1, -0.05) is 41.6 Å². The van der Waals surface area contributed by atoms with E-state index >= 15 is 0 Å². The van der Waals surface area contributed by atoms with E-state index in [1.54, 1.807) is 35.2 Å². The number of aryl methyl sites for hydroxylation is 1. The average Bonchev–Trinajstić information content (AvgIpc) is 3.36. The van der Waals surface area contributed by atoms with Crippen molar-refractivity contribution in [2.45, 2.75) is 13.5 Å². The molecule has 4 rings (SSSR count). The number of amides is 1. The van der Waals surface area contributed by atoms with E-state index in [9.17, 15) is 4.79 Å². The molecule has 0 spiro atoms. The van der Waals surface area contributed by atoms with Crippen molar-refractivity contribution < 1.29 is 9.32 Å². The first-order valence-corrected chi connectivity index (χ1v) is 8.97. The topological polar surface area (TPSA) is 73.0 Å².